The molecule has 0 saturated heterocycles. The van der Waals surface area contributed by atoms with E-state index in [-0.39, 0.29) is 0 Å². The number of fused-ring (bicyclic) bond motifs is 11. The van der Waals surface area contributed by atoms with Gasteiger partial charge in [0.1, 0.15) is 11.2 Å². The maximum absolute atomic E-state index is 6.61. The minimum atomic E-state index is 0.838. The smallest absolute Gasteiger partial charge is 0.159 e. The largest absolute Gasteiger partial charge is 0.454 e. The van der Waals surface area contributed by atoms with Gasteiger partial charge in [-0.2, -0.15) is 0 Å². The Morgan fingerprint density at radius 3 is 1.47 bits per heavy atom. The lowest BCUT2D eigenvalue weighted by Gasteiger charge is -2.25. The molecule has 51 heavy (non-hydrogen) atoms. The van der Waals surface area contributed by atoms with Crippen LogP contribution in [0.2, 0.25) is 0 Å². The second-order valence-corrected chi connectivity index (χ2v) is 13.3. The molecule has 238 valence electrons. The zero-order valence-electron chi connectivity index (χ0n) is 27.5. The van der Waals surface area contributed by atoms with Crippen molar-refractivity contribution in [1.29, 1.82) is 0 Å². The zero-order chi connectivity index (χ0) is 33.5. The van der Waals surface area contributed by atoms with Gasteiger partial charge in [-0.1, -0.05) is 133 Å². The minimum absolute atomic E-state index is 0.838. The van der Waals surface area contributed by atoms with Crippen LogP contribution in [0.5, 0.6) is 0 Å². The molecular weight excluding hydrogens is 623 g/mol. The van der Waals surface area contributed by atoms with Crippen molar-refractivity contribution in [3.8, 4) is 11.1 Å². The van der Waals surface area contributed by atoms with E-state index in [4.69, 9.17) is 8.83 Å². The topological polar surface area (TPSA) is 29.5 Å². The molecule has 0 radical (unpaired) electrons. The average molecular weight is 652 g/mol. The van der Waals surface area contributed by atoms with E-state index in [2.05, 4.69) is 157 Å². The van der Waals surface area contributed by atoms with Crippen molar-refractivity contribution in [3.05, 3.63) is 176 Å². The van der Waals surface area contributed by atoms with Crippen LogP contribution in [0.25, 0.3) is 87.3 Å². The highest BCUT2D eigenvalue weighted by molar-refractivity contribution is 6.21. The molecule has 0 bridgehead atoms. The standard InChI is InChI=1S/C48H29NO2/c1-2-10-36-31(9-1)19-22-33-23-20-32-21-24-34(29-41(32)46(33)36)30-25-27-35(28-26-30)49(42-15-7-13-39-37-11-3-5-17-44(37)50-47(39)42)43-16-8-14-40-38-12-4-6-18-45(38)51-48(40)43/h1-29H. The molecule has 0 fully saturated rings. The first-order valence-electron chi connectivity index (χ1n) is 17.3. The van der Waals surface area contributed by atoms with Crippen LogP contribution in [0.3, 0.4) is 0 Å². The van der Waals surface area contributed by atoms with Crippen LogP contribution in [0.1, 0.15) is 0 Å². The highest BCUT2D eigenvalue weighted by Gasteiger charge is 2.23. The third-order valence-corrected chi connectivity index (χ3v) is 10.4. The lowest BCUT2D eigenvalue weighted by Crippen LogP contribution is -2.10. The molecule has 0 N–H and O–H groups in total. The summed E-state index contributed by atoms with van der Waals surface area (Å²) in [5, 5.41) is 12.0. The van der Waals surface area contributed by atoms with E-state index in [1.807, 2.05) is 24.3 Å². The fraction of sp³-hybridized carbons (Fsp3) is 0. The van der Waals surface area contributed by atoms with E-state index < -0.39 is 0 Å². The number of furan rings is 2. The number of anilines is 3. The lowest BCUT2D eigenvalue weighted by atomic mass is 9.94. The van der Waals surface area contributed by atoms with Crippen molar-refractivity contribution in [2.75, 3.05) is 4.90 Å². The molecule has 0 aliphatic heterocycles. The van der Waals surface area contributed by atoms with Gasteiger partial charge in [-0.15, -0.1) is 0 Å². The predicted octanol–water partition coefficient (Wildman–Crippen LogP) is 14.1. The fourth-order valence-corrected chi connectivity index (χ4v) is 8.03. The van der Waals surface area contributed by atoms with Crippen molar-refractivity contribution in [2.45, 2.75) is 0 Å². The van der Waals surface area contributed by atoms with Gasteiger partial charge in [0, 0.05) is 27.2 Å². The van der Waals surface area contributed by atoms with Crippen LogP contribution in [0.4, 0.5) is 17.1 Å². The molecule has 0 unspecified atom stereocenters. The van der Waals surface area contributed by atoms with E-state index in [0.717, 1.165) is 66.5 Å². The summed E-state index contributed by atoms with van der Waals surface area (Å²) in [6, 6.07) is 62.6. The van der Waals surface area contributed by atoms with Crippen molar-refractivity contribution < 1.29 is 8.83 Å². The summed E-state index contributed by atoms with van der Waals surface area (Å²) in [5.74, 6) is 0. The number of rotatable bonds is 4. The highest BCUT2D eigenvalue weighted by Crippen LogP contribution is 2.46. The molecule has 11 rings (SSSR count). The predicted molar refractivity (Wildman–Crippen MR) is 214 cm³/mol. The van der Waals surface area contributed by atoms with Crippen molar-refractivity contribution in [1.82, 2.24) is 0 Å². The Hall–Kier alpha value is -6.84. The van der Waals surface area contributed by atoms with Gasteiger partial charge in [0.2, 0.25) is 0 Å². The van der Waals surface area contributed by atoms with Crippen LogP contribution in [0, 0.1) is 0 Å². The number of hydrogen-bond donors (Lipinski definition) is 0. The number of hydrogen-bond acceptors (Lipinski definition) is 3. The van der Waals surface area contributed by atoms with Gasteiger partial charge in [0.15, 0.2) is 11.2 Å². The van der Waals surface area contributed by atoms with E-state index in [9.17, 15) is 0 Å². The minimum Gasteiger partial charge on any atom is -0.454 e. The summed E-state index contributed by atoms with van der Waals surface area (Å²) in [6.45, 7) is 0. The SMILES string of the molecule is c1ccc2c(c1)ccc1ccc3ccc(-c4ccc(N(c5cccc6c5oc5ccccc56)c5cccc6c5oc5ccccc56)cc4)cc3c12. The fourth-order valence-electron chi connectivity index (χ4n) is 8.03. The van der Waals surface area contributed by atoms with Crippen molar-refractivity contribution in [2.24, 2.45) is 0 Å². The third-order valence-electron chi connectivity index (χ3n) is 10.4. The first-order chi connectivity index (χ1) is 25.3. The highest BCUT2D eigenvalue weighted by atomic mass is 16.3. The monoisotopic (exact) mass is 651 g/mol. The molecule has 11 aromatic rings. The van der Waals surface area contributed by atoms with Gasteiger partial charge in [0.25, 0.3) is 0 Å². The Balaban J connectivity index is 1.11. The second kappa shape index (κ2) is 10.8. The number of benzene rings is 9. The number of para-hydroxylation sites is 4. The summed E-state index contributed by atoms with van der Waals surface area (Å²) in [7, 11) is 0. The van der Waals surface area contributed by atoms with E-state index in [1.165, 1.54) is 37.9 Å². The Bertz CT molecular complexity index is 3030. The molecule has 9 aromatic carbocycles. The Kier molecular flexibility index (Phi) is 5.96. The van der Waals surface area contributed by atoms with E-state index >= 15 is 0 Å². The summed E-state index contributed by atoms with van der Waals surface area (Å²) < 4.78 is 13.2. The van der Waals surface area contributed by atoms with Crippen molar-refractivity contribution >= 4 is 93.3 Å². The van der Waals surface area contributed by atoms with Crippen LogP contribution >= 0.6 is 0 Å². The zero-order valence-corrected chi connectivity index (χ0v) is 27.5. The molecule has 0 aliphatic rings. The molecule has 0 saturated carbocycles. The van der Waals surface area contributed by atoms with Gasteiger partial charge in [0.05, 0.1) is 11.4 Å². The van der Waals surface area contributed by atoms with Gasteiger partial charge >= 0.3 is 0 Å². The Morgan fingerprint density at radius 2 is 0.824 bits per heavy atom. The molecular formula is C48H29NO2. The summed E-state index contributed by atoms with van der Waals surface area (Å²) >= 11 is 0. The average Bonchev–Trinajstić information content (AvgIpc) is 3.77. The molecule has 2 aromatic heterocycles. The normalized spacial score (nSPS) is 11.9. The molecule has 3 nitrogen and oxygen atoms in total. The summed E-state index contributed by atoms with van der Waals surface area (Å²) in [5.41, 5.74) is 8.66. The van der Waals surface area contributed by atoms with Gasteiger partial charge in [-0.3, -0.25) is 0 Å². The van der Waals surface area contributed by atoms with Crippen LogP contribution < -0.4 is 4.90 Å². The molecule has 0 atom stereocenters. The quantitative estimate of drug-likeness (QED) is 0.177. The third kappa shape index (κ3) is 4.25. The summed E-state index contributed by atoms with van der Waals surface area (Å²) in [6.07, 6.45) is 0. The van der Waals surface area contributed by atoms with Crippen molar-refractivity contribution in [3.63, 3.8) is 0 Å². The molecule has 0 amide bonds. The van der Waals surface area contributed by atoms with Crippen LogP contribution in [0.15, 0.2) is 185 Å². The number of nitrogens with zero attached hydrogens (tertiary/aromatic N) is 1. The summed E-state index contributed by atoms with van der Waals surface area (Å²) in [4.78, 5) is 2.28. The molecule has 0 aliphatic carbocycles. The van der Waals surface area contributed by atoms with Crippen LogP contribution in [-0.4, -0.2) is 0 Å². The first-order valence-corrected chi connectivity index (χ1v) is 17.3. The molecule has 0 spiro atoms. The molecule has 3 heteroatoms. The van der Waals surface area contributed by atoms with Gasteiger partial charge in [-0.25, -0.2) is 0 Å². The Labute approximate surface area is 293 Å². The van der Waals surface area contributed by atoms with Crippen LogP contribution in [-0.2, 0) is 0 Å². The van der Waals surface area contributed by atoms with E-state index in [0.29, 0.717) is 0 Å². The maximum Gasteiger partial charge on any atom is 0.159 e. The van der Waals surface area contributed by atoms with Gasteiger partial charge < -0.3 is 13.7 Å². The maximum atomic E-state index is 6.61. The molecule has 2 heterocycles. The Morgan fingerprint density at radius 1 is 0.333 bits per heavy atom. The van der Waals surface area contributed by atoms with E-state index in [1.54, 1.807) is 0 Å². The van der Waals surface area contributed by atoms with Gasteiger partial charge in [-0.05, 0) is 85.9 Å². The first kappa shape index (κ1) is 28.0. The lowest BCUT2D eigenvalue weighted by molar-refractivity contribution is 0.666. The second-order valence-electron chi connectivity index (χ2n) is 13.3.